The van der Waals surface area contributed by atoms with Crippen LogP contribution in [0.2, 0.25) is 0 Å². The monoisotopic (exact) mass is 489 g/mol. The molecule has 1 amide bonds. The summed E-state index contributed by atoms with van der Waals surface area (Å²) in [5.74, 6) is 0.609. The van der Waals surface area contributed by atoms with Crippen LogP contribution in [0.3, 0.4) is 0 Å². The van der Waals surface area contributed by atoms with Gasteiger partial charge in [0.1, 0.15) is 11.3 Å². The summed E-state index contributed by atoms with van der Waals surface area (Å²) in [4.78, 5) is 28.1. The van der Waals surface area contributed by atoms with Crippen LogP contribution in [-0.4, -0.2) is 40.7 Å². The summed E-state index contributed by atoms with van der Waals surface area (Å²) in [6.45, 7) is 6.73. The first kappa shape index (κ1) is 24.6. The molecule has 1 N–H and O–H groups in total. The summed E-state index contributed by atoms with van der Waals surface area (Å²) in [6.07, 6.45) is 4.33. The zero-order valence-corrected chi connectivity index (χ0v) is 21.4. The topological polar surface area (TPSA) is 80.0 Å². The Morgan fingerprint density at radius 2 is 1.97 bits per heavy atom. The number of ether oxygens (including phenoxy) is 1. The van der Waals surface area contributed by atoms with Crippen LogP contribution in [0.4, 0.5) is 0 Å². The minimum Gasteiger partial charge on any atom is -0.480 e. The summed E-state index contributed by atoms with van der Waals surface area (Å²) < 4.78 is 12.0. The van der Waals surface area contributed by atoms with Crippen molar-refractivity contribution in [3.05, 3.63) is 75.1 Å². The molecule has 3 aromatic rings. The van der Waals surface area contributed by atoms with Crippen molar-refractivity contribution in [1.29, 1.82) is 0 Å². The van der Waals surface area contributed by atoms with Gasteiger partial charge in [0.2, 0.25) is 0 Å². The molecule has 0 bridgehead atoms. The van der Waals surface area contributed by atoms with Gasteiger partial charge in [0.25, 0.3) is 5.91 Å². The Labute approximate surface area is 211 Å². The zero-order chi connectivity index (χ0) is 25.4. The summed E-state index contributed by atoms with van der Waals surface area (Å²) in [7, 11) is 0. The lowest BCUT2D eigenvalue weighted by molar-refractivity contribution is -0.149. The molecule has 0 radical (unpaired) electrons. The number of likely N-dealkylation sites (tertiary alicyclic amines) is 1. The molecule has 2 aromatic carbocycles. The third-order valence-electron chi connectivity index (χ3n) is 8.10. The van der Waals surface area contributed by atoms with Gasteiger partial charge < -0.3 is 19.2 Å². The summed E-state index contributed by atoms with van der Waals surface area (Å²) >= 11 is 0. The highest BCUT2D eigenvalue weighted by Crippen LogP contribution is 2.40. The smallest absolute Gasteiger partial charge is 0.340 e. The second kappa shape index (κ2) is 9.74. The number of carbonyl (C=O) groups excluding carboxylic acids is 1. The lowest BCUT2D eigenvalue weighted by Gasteiger charge is -2.47. The third kappa shape index (κ3) is 4.66. The van der Waals surface area contributed by atoms with Crippen LogP contribution in [0.1, 0.15) is 61.3 Å². The van der Waals surface area contributed by atoms with Crippen molar-refractivity contribution in [3.8, 4) is 5.75 Å². The van der Waals surface area contributed by atoms with Gasteiger partial charge >= 0.3 is 5.63 Å². The molecule has 3 atom stereocenters. The third-order valence-corrected chi connectivity index (χ3v) is 8.10. The van der Waals surface area contributed by atoms with Crippen LogP contribution in [0.5, 0.6) is 5.75 Å². The van der Waals surface area contributed by atoms with Gasteiger partial charge in [0.05, 0.1) is 11.0 Å². The van der Waals surface area contributed by atoms with Crippen molar-refractivity contribution in [2.45, 2.75) is 71.0 Å². The van der Waals surface area contributed by atoms with E-state index in [-0.39, 0.29) is 17.5 Å². The normalized spacial score (nSPS) is 22.8. The number of hydrogen-bond donors (Lipinski definition) is 1. The molecule has 1 aliphatic heterocycles. The number of amides is 1. The van der Waals surface area contributed by atoms with Gasteiger partial charge in [0, 0.05) is 31.0 Å². The minimum atomic E-state index is -0.700. The van der Waals surface area contributed by atoms with E-state index in [1.54, 1.807) is 6.92 Å². The number of carbonyl (C=O) groups is 1. The van der Waals surface area contributed by atoms with E-state index in [4.69, 9.17) is 9.15 Å². The van der Waals surface area contributed by atoms with Crippen molar-refractivity contribution < 1.29 is 19.1 Å². The van der Waals surface area contributed by atoms with Gasteiger partial charge in [-0.3, -0.25) is 4.79 Å². The van der Waals surface area contributed by atoms with E-state index < -0.39 is 11.7 Å². The quantitative estimate of drug-likeness (QED) is 0.515. The van der Waals surface area contributed by atoms with E-state index >= 15 is 0 Å². The first-order chi connectivity index (χ1) is 17.2. The molecule has 5 rings (SSSR count). The van der Waals surface area contributed by atoms with E-state index in [1.807, 2.05) is 61.2 Å². The van der Waals surface area contributed by atoms with Crippen LogP contribution in [0.15, 0.2) is 51.7 Å². The van der Waals surface area contributed by atoms with Crippen molar-refractivity contribution in [2.24, 2.45) is 5.92 Å². The summed E-state index contributed by atoms with van der Waals surface area (Å²) in [5, 5.41) is 11.7. The Morgan fingerprint density at radius 3 is 2.75 bits per heavy atom. The number of aliphatic hydroxyl groups is 1. The molecule has 0 spiro atoms. The SMILES string of the molecule is Cc1cc(O[C@H](C)C(=O)N2CC[C@@]3(O)CCCC[C@H]3C2)c2c(C)c(Cc3ccccc3)c(=O)oc2c1. The van der Waals surface area contributed by atoms with Gasteiger partial charge in [0.15, 0.2) is 6.10 Å². The van der Waals surface area contributed by atoms with E-state index in [9.17, 15) is 14.7 Å². The molecule has 2 heterocycles. The fraction of sp³-hybridized carbons (Fsp3) is 0.467. The predicted molar refractivity (Wildman–Crippen MR) is 139 cm³/mol. The fourth-order valence-corrected chi connectivity index (χ4v) is 6.00. The van der Waals surface area contributed by atoms with Gasteiger partial charge in [-0.15, -0.1) is 0 Å². The lowest BCUT2D eigenvalue weighted by Crippen LogP contribution is -2.56. The molecule has 6 nitrogen and oxygen atoms in total. The Bertz CT molecular complexity index is 1330. The van der Waals surface area contributed by atoms with Gasteiger partial charge in [-0.1, -0.05) is 43.2 Å². The van der Waals surface area contributed by atoms with Gasteiger partial charge in [-0.05, 0) is 68.9 Å². The van der Waals surface area contributed by atoms with Crippen LogP contribution in [0.25, 0.3) is 11.0 Å². The molecule has 36 heavy (non-hydrogen) atoms. The predicted octanol–water partition coefficient (Wildman–Crippen LogP) is 4.92. The Hall–Kier alpha value is -3.12. The molecule has 2 aliphatic rings. The second-order valence-corrected chi connectivity index (χ2v) is 10.6. The molecule has 0 unspecified atom stereocenters. The number of aryl methyl sites for hydroxylation is 2. The summed E-state index contributed by atoms with van der Waals surface area (Å²) in [5.41, 5.74) is 2.81. The molecule has 1 aliphatic carbocycles. The van der Waals surface area contributed by atoms with Gasteiger partial charge in [-0.2, -0.15) is 0 Å². The fourth-order valence-electron chi connectivity index (χ4n) is 6.00. The lowest BCUT2D eigenvalue weighted by atomic mass is 9.71. The maximum Gasteiger partial charge on any atom is 0.340 e. The van der Waals surface area contributed by atoms with Crippen molar-refractivity contribution in [3.63, 3.8) is 0 Å². The van der Waals surface area contributed by atoms with Crippen LogP contribution in [-0.2, 0) is 11.2 Å². The first-order valence-corrected chi connectivity index (χ1v) is 13.0. The van der Waals surface area contributed by atoms with E-state index in [1.165, 1.54) is 0 Å². The van der Waals surface area contributed by atoms with E-state index in [0.717, 1.165) is 47.8 Å². The minimum absolute atomic E-state index is 0.0724. The average molecular weight is 490 g/mol. The van der Waals surface area contributed by atoms with Gasteiger partial charge in [-0.25, -0.2) is 4.79 Å². The Balaban J connectivity index is 1.42. The number of benzene rings is 2. The molecular formula is C30H35NO5. The molecular weight excluding hydrogens is 454 g/mol. The van der Waals surface area contributed by atoms with Crippen molar-refractivity contribution in [2.75, 3.05) is 13.1 Å². The Kier molecular flexibility index (Phi) is 6.64. The standard InChI is InChI=1S/C30H35NO5/c1-19-15-25(35-21(3)28(32)31-14-13-30(34)12-8-7-11-23(30)18-31)27-20(2)24(29(33)36-26(27)16-19)17-22-9-5-4-6-10-22/h4-6,9-10,15-16,21,23,34H,7-8,11-14,17-18H2,1-3H3/t21-,23+,30+/m1/s1. The maximum absolute atomic E-state index is 13.4. The van der Waals surface area contributed by atoms with E-state index in [0.29, 0.717) is 42.8 Å². The number of piperidine rings is 1. The van der Waals surface area contributed by atoms with Crippen molar-refractivity contribution in [1.82, 2.24) is 4.90 Å². The molecule has 1 saturated heterocycles. The van der Waals surface area contributed by atoms with Crippen LogP contribution >= 0.6 is 0 Å². The van der Waals surface area contributed by atoms with Crippen LogP contribution in [0, 0.1) is 19.8 Å². The largest absolute Gasteiger partial charge is 0.480 e. The Morgan fingerprint density at radius 1 is 1.19 bits per heavy atom. The highest BCUT2D eigenvalue weighted by Gasteiger charge is 2.44. The molecule has 6 heteroatoms. The number of hydrogen-bond acceptors (Lipinski definition) is 5. The first-order valence-electron chi connectivity index (χ1n) is 13.0. The molecule has 190 valence electrons. The van der Waals surface area contributed by atoms with E-state index in [2.05, 4.69) is 0 Å². The molecule has 2 fully saturated rings. The highest BCUT2D eigenvalue weighted by atomic mass is 16.5. The zero-order valence-electron chi connectivity index (χ0n) is 21.4. The second-order valence-electron chi connectivity index (χ2n) is 10.6. The molecule has 1 aromatic heterocycles. The highest BCUT2D eigenvalue weighted by molar-refractivity contribution is 5.89. The van der Waals surface area contributed by atoms with Crippen LogP contribution < -0.4 is 10.4 Å². The maximum atomic E-state index is 13.4. The number of rotatable bonds is 5. The van der Waals surface area contributed by atoms with Crippen molar-refractivity contribution >= 4 is 16.9 Å². The molecule has 1 saturated carbocycles. The number of nitrogens with zero attached hydrogens (tertiary/aromatic N) is 1. The summed E-state index contributed by atoms with van der Waals surface area (Å²) in [6, 6.07) is 13.6. The number of fused-ring (bicyclic) bond motifs is 2. The average Bonchev–Trinajstić information content (AvgIpc) is 2.85.